The van der Waals surface area contributed by atoms with Crippen molar-refractivity contribution in [2.75, 3.05) is 19.7 Å². The molecule has 0 aliphatic carbocycles. The minimum atomic E-state index is -0.967. The van der Waals surface area contributed by atoms with E-state index < -0.39 is 5.97 Å². The van der Waals surface area contributed by atoms with Crippen molar-refractivity contribution in [3.8, 4) is 16.9 Å². The predicted molar refractivity (Wildman–Crippen MR) is 123 cm³/mol. The fourth-order valence-corrected chi connectivity index (χ4v) is 4.85. The molecular weight excluding hydrogens is 429 g/mol. The van der Waals surface area contributed by atoms with Crippen LogP contribution < -0.4 is 39.4 Å². The standard InChI is InChI=1S/C26H29NO3S.Na/c28-26(29)4-2-15-27-14-1-3-24(27)18-30-25-11-7-21(8-12-25)17-20-5-9-22(10-6-20)23-13-16-31-19-23;/h5-13,16,19,24H,1-4,14-15,17-18H2,(H,28,29);/q;+1/p-1/t24-;/m0./s1. The summed E-state index contributed by atoms with van der Waals surface area (Å²) in [5.74, 6) is -0.0800. The first-order valence-electron chi connectivity index (χ1n) is 10.9. The van der Waals surface area contributed by atoms with E-state index in [0.717, 1.165) is 38.1 Å². The molecule has 32 heavy (non-hydrogen) atoms. The fourth-order valence-electron chi connectivity index (χ4n) is 4.18. The maximum absolute atomic E-state index is 10.6. The van der Waals surface area contributed by atoms with Crippen LogP contribution in [0, 0.1) is 0 Å². The van der Waals surface area contributed by atoms with Crippen LogP contribution in [-0.4, -0.2) is 36.6 Å². The van der Waals surface area contributed by atoms with Crippen LogP contribution >= 0.6 is 11.3 Å². The van der Waals surface area contributed by atoms with Gasteiger partial charge in [0.05, 0.1) is 0 Å². The number of carboxylic acids is 1. The van der Waals surface area contributed by atoms with Crippen LogP contribution in [0.2, 0.25) is 0 Å². The van der Waals surface area contributed by atoms with Crippen molar-refractivity contribution in [1.29, 1.82) is 0 Å². The van der Waals surface area contributed by atoms with Crippen molar-refractivity contribution in [1.82, 2.24) is 4.90 Å². The Morgan fingerprint density at radius 2 is 1.75 bits per heavy atom. The number of hydrogen-bond donors (Lipinski definition) is 0. The number of rotatable bonds is 10. The number of ether oxygens (including phenoxy) is 1. The molecule has 4 rings (SSSR count). The van der Waals surface area contributed by atoms with Crippen LogP contribution in [0.15, 0.2) is 65.4 Å². The van der Waals surface area contributed by atoms with Gasteiger partial charge in [-0.2, -0.15) is 11.3 Å². The molecule has 0 N–H and O–H groups in total. The number of carbonyl (C=O) groups excluding carboxylic acids is 1. The molecule has 0 spiro atoms. The first-order chi connectivity index (χ1) is 15.2. The summed E-state index contributed by atoms with van der Waals surface area (Å²) in [6, 6.07) is 19.7. The zero-order valence-corrected chi connectivity index (χ0v) is 21.5. The molecule has 3 aromatic rings. The summed E-state index contributed by atoms with van der Waals surface area (Å²) in [6.07, 6.45) is 3.91. The predicted octanol–water partition coefficient (Wildman–Crippen LogP) is 1.38. The van der Waals surface area contributed by atoms with E-state index in [4.69, 9.17) is 4.74 Å². The van der Waals surface area contributed by atoms with Gasteiger partial charge in [-0.15, -0.1) is 0 Å². The normalized spacial score (nSPS) is 15.9. The van der Waals surface area contributed by atoms with Crippen molar-refractivity contribution >= 4 is 17.3 Å². The van der Waals surface area contributed by atoms with Gasteiger partial charge in [0.2, 0.25) is 0 Å². The summed E-state index contributed by atoms with van der Waals surface area (Å²) < 4.78 is 6.04. The molecule has 4 nitrogen and oxygen atoms in total. The number of aliphatic carboxylic acids is 1. The molecule has 2 aromatic carbocycles. The topological polar surface area (TPSA) is 52.6 Å². The zero-order chi connectivity index (χ0) is 21.5. The first kappa shape index (κ1) is 25.0. The second kappa shape index (κ2) is 12.6. The molecule has 0 bridgehead atoms. The molecule has 162 valence electrons. The van der Waals surface area contributed by atoms with Gasteiger partial charge in [-0.3, -0.25) is 4.90 Å². The van der Waals surface area contributed by atoms with Gasteiger partial charge in [0.25, 0.3) is 0 Å². The third kappa shape index (κ3) is 7.19. The Bertz CT molecular complexity index is 958. The molecule has 6 heteroatoms. The van der Waals surface area contributed by atoms with Crippen LogP contribution in [0.25, 0.3) is 11.1 Å². The number of hydrogen-bond acceptors (Lipinski definition) is 5. The van der Waals surface area contributed by atoms with Gasteiger partial charge in [-0.25, -0.2) is 0 Å². The molecule has 1 aliphatic heterocycles. The average Bonchev–Trinajstić information content (AvgIpc) is 3.46. The summed E-state index contributed by atoms with van der Waals surface area (Å²) in [5.41, 5.74) is 5.10. The second-order valence-corrected chi connectivity index (χ2v) is 8.93. The van der Waals surface area contributed by atoms with E-state index in [-0.39, 0.29) is 36.0 Å². The number of nitrogens with zero attached hydrogens (tertiary/aromatic N) is 1. The van der Waals surface area contributed by atoms with Crippen LogP contribution in [0.3, 0.4) is 0 Å². The Balaban J connectivity index is 0.00000289. The van der Waals surface area contributed by atoms with E-state index in [1.54, 1.807) is 11.3 Å². The molecular formula is C26H28NNaO3S. The monoisotopic (exact) mass is 457 g/mol. The van der Waals surface area contributed by atoms with Gasteiger partial charge in [0.1, 0.15) is 12.4 Å². The summed E-state index contributed by atoms with van der Waals surface area (Å²) in [7, 11) is 0. The number of likely N-dealkylation sites (tertiary alicyclic amines) is 1. The quantitative estimate of drug-likeness (QED) is 0.432. The minimum Gasteiger partial charge on any atom is -0.550 e. The van der Waals surface area contributed by atoms with Crippen LogP contribution in [-0.2, 0) is 11.2 Å². The van der Waals surface area contributed by atoms with Gasteiger partial charge in [0, 0.05) is 12.0 Å². The van der Waals surface area contributed by atoms with E-state index >= 15 is 0 Å². The maximum Gasteiger partial charge on any atom is 1.00 e. The van der Waals surface area contributed by atoms with E-state index in [0.29, 0.717) is 19.1 Å². The minimum absolute atomic E-state index is 0. The van der Waals surface area contributed by atoms with Gasteiger partial charge < -0.3 is 14.6 Å². The van der Waals surface area contributed by atoms with E-state index in [1.807, 2.05) is 12.1 Å². The Hall–Kier alpha value is -1.63. The Labute approximate surface area is 216 Å². The van der Waals surface area contributed by atoms with E-state index in [1.165, 1.54) is 22.3 Å². The fraction of sp³-hybridized carbons (Fsp3) is 0.346. The Kier molecular flexibility index (Phi) is 9.82. The molecule has 1 aliphatic rings. The summed E-state index contributed by atoms with van der Waals surface area (Å²) in [6.45, 7) is 2.46. The van der Waals surface area contributed by atoms with Crippen molar-refractivity contribution in [2.45, 2.75) is 38.1 Å². The van der Waals surface area contributed by atoms with Crippen molar-refractivity contribution in [2.24, 2.45) is 0 Å². The van der Waals surface area contributed by atoms with E-state index in [2.05, 4.69) is 58.1 Å². The second-order valence-electron chi connectivity index (χ2n) is 8.15. The third-order valence-electron chi connectivity index (χ3n) is 5.91. The molecule has 2 heterocycles. The van der Waals surface area contributed by atoms with Gasteiger partial charge in [0.15, 0.2) is 0 Å². The maximum atomic E-state index is 10.6. The summed E-state index contributed by atoms with van der Waals surface area (Å²) >= 11 is 1.72. The van der Waals surface area contributed by atoms with Crippen molar-refractivity contribution in [3.05, 3.63) is 76.5 Å². The van der Waals surface area contributed by atoms with Crippen molar-refractivity contribution < 1.29 is 44.2 Å². The van der Waals surface area contributed by atoms with Crippen LogP contribution in [0.5, 0.6) is 5.75 Å². The molecule has 1 saturated heterocycles. The Morgan fingerprint density at radius 1 is 1.03 bits per heavy atom. The number of carboxylic acid groups (broad SMARTS) is 1. The summed E-state index contributed by atoms with van der Waals surface area (Å²) in [5, 5.41) is 14.9. The average molecular weight is 458 g/mol. The molecule has 0 unspecified atom stereocenters. The number of carbonyl (C=O) groups is 1. The molecule has 1 atom stereocenters. The molecule has 1 fully saturated rings. The van der Waals surface area contributed by atoms with Gasteiger partial charge in [-0.05, 0) is 96.4 Å². The molecule has 0 radical (unpaired) electrons. The number of benzene rings is 2. The zero-order valence-electron chi connectivity index (χ0n) is 18.7. The third-order valence-corrected chi connectivity index (χ3v) is 6.59. The largest absolute Gasteiger partial charge is 1.00 e. The van der Waals surface area contributed by atoms with Crippen LogP contribution in [0.4, 0.5) is 0 Å². The van der Waals surface area contributed by atoms with Crippen LogP contribution in [0.1, 0.15) is 36.8 Å². The molecule has 1 aromatic heterocycles. The smallest absolute Gasteiger partial charge is 0.550 e. The van der Waals surface area contributed by atoms with Gasteiger partial charge >= 0.3 is 29.6 Å². The Morgan fingerprint density at radius 3 is 2.41 bits per heavy atom. The summed E-state index contributed by atoms with van der Waals surface area (Å²) in [4.78, 5) is 13.0. The molecule has 0 saturated carbocycles. The SMILES string of the molecule is O=C([O-])CCCN1CCC[C@H]1COc1ccc(Cc2ccc(-c3ccsc3)cc2)cc1.[Na+]. The number of thiophene rings is 1. The van der Waals surface area contributed by atoms with Gasteiger partial charge in [-0.1, -0.05) is 36.4 Å². The first-order valence-corrected chi connectivity index (χ1v) is 11.9. The van der Waals surface area contributed by atoms with Crippen molar-refractivity contribution in [3.63, 3.8) is 0 Å². The van der Waals surface area contributed by atoms with E-state index in [9.17, 15) is 9.90 Å². The molecule has 0 amide bonds.